The van der Waals surface area contributed by atoms with Gasteiger partial charge < -0.3 is 19.6 Å². The Labute approximate surface area is 163 Å². The summed E-state index contributed by atoms with van der Waals surface area (Å²) in [6, 6.07) is 0.991. The summed E-state index contributed by atoms with van der Waals surface area (Å²) in [5.74, 6) is 1.00. The topological polar surface area (TPSA) is 104 Å². The molecule has 8 nitrogen and oxygen atoms in total. The van der Waals surface area contributed by atoms with Gasteiger partial charge in [-0.2, -0.15) is 13.2 Å². The van der Waals surface area contributed by atoms with Gasteiger partial charge in [-0.3, -0.25) is 9.59 Å². The number of H-pyrrole nitrogens is 1. The summed E-state index contributed by atoms with van der Waals surface area (Å²) in [5.41, 5.74) is -2.36. The second-order valence-corrected chi connectivity index (χ2v) is 7.56. The fourth-order valence-electron chi connectivity index (χ4n) is 3.66. The Balaban J connectivity index is 1.41. The summed E-state index contributed by atoms with van der Waals surface area (Å²) in [7, 11) is 0. The van der Waals surface area contributed by atoms with Crippen molar-refractivity contribution in [3.8, 4) is 11.5 Å². The van der Waals surface area contributed by atoms with Crippen LogP contribution < -0.4 is 10.9 Å². The minimum absolute atomic E-state index is 0.0831. The number of amides is 1. The Bertz CT molecular complexity index is 966. The van der Waals surface area contributed by atoms with Crippen molar-refractivity contribution < 1.29 is 22.4 Å². The van der Waals surface area contributed by atoms with Crippen molar-refractivity contribution in [2.75, 3.05) is 18.4 Å². The number of rotatable bonds is 5. The second-order valence-electron chi connectivity index (χ2n) is 7.56. The molecule has 0 aromatic carbocycles. The molecule has 0 bridgehead atoms. The molecule has 1 aliphatic carbocycles. The van der Waals surface area contributed by atoms with Gasteiger partial charge >= 0.3 is 12.2 Å². The molecule has 1 aliphatic heterocycles. The summed E-state index contributed by atoms with van der Waals surface area (Å²) in [6.45, 7) is 3.15. The van der Waals surface area contributed by atoms with Crippen molar-refractivity contribution in [2.24, 2.45) is 11.8 Å². The lowest BCUT2D eigenvalue weighted by molar-refractivity contribution is -0.141. The second kappa shape index (κ2) is 7.20. The number of nitrogens with one attached hydrogen (secondary N) is 2. The highest BCUT2D eigenvalue weighted by Gasteiger charge is 2.38. The highest BCUT2D eigenvalue weighted by Crippen LogP contribution is 2.41. The third-order valence-corrected chi connectivity index (χ3v) is 5.41. The van der Waals surface area contributed by atoms with Crippen molar-refractivity contribution in [3.63, 3.8) is 0 Å². The summed E-state index contributed by atoms with van der Waals surface area (Å²) in [6.07, 6.45) is -1.16. The zero-order valence-electron chi connectivity index (χ0n) is 15.6. The lowest BCUT2D eigenvalue weighted by Crippen LogP contribution is -2.40. The molecule has 2 aromatic rings. The Morgan fingerprint density at radius 2 is 2.03 bits per heavy atom. The van der Waals surface area contributed by atoms with Crippen LogP contribution in [0.1, 0.15) is 31.9 Å². The van der Waals surface area contributed by atoms with Crippen LogP contribution in [-0.4, -0.2) is 45.1 Å². The van der Waals surface area contributed by atoms with E-state index in [0.717, 1.165) is 37.6 Å². The van der Waals surface area contributed by atoms with Crippen LogP contribution in [0.4, 0.5) is 19.2 Å². The molecule has 0 unspecified atom stereocenters. The van der Waals surface area contributed by atoms with Gasteiger partial charge in [0.25, 0.3) is 11.4 Å². The minimum atomic E-state index is -4.66. The zero-order valence-corrected chi connectivity index (χ0v) is 15.6. The average molecular weight is 411 g/mol. The molecule has 0 radical (unpaired) electrons. The molecule has 2 fully saturated rings. The molecule has 2 aromatic heterocycles. The molecule has 3 heterocycles. The molecule has 1 amide bonds. The number of anilines is 1. The predicted octanol–water partition coefficient (Wildman–Crippen LogP) is 2.50. The molecule has 0 spiro atoms. The van der Waals surface area contributed by atoms with Gasteiger partial charge in [-0.25, -0.2) is 0 Å². The van der Waals surface area contributed by atoms with Gasteiger partial charge in [0.1, 0.15) is 17.3 Å². The number of nitrogens with zero attached hydrogens (tertiary/aromatic N) is 3. The largest absolute Gasteiger partial charge is 0.431 e. The maximum atomic E-state index is 12.7. The first kappa shape index (κ1) is 19.5. The van der Waals surface area contributed by atoms with Crippen molar-refractivity contribution in [3.05, 3.63) is 28.2 Å². The molecule has 2 atom stereocenters. The quantitative estimate of drug-likeness (QED) is 0.784. The third kappa shape index (κ3) is 4.13. The van der Waals surface area contributed by atoms with Gasteiger partial charge in [-0.05, 0) is 50.2 Å². The van der Waals surface area contributed by atoms with Crippen molar-refractivity contribution in [1.29, 1.82) is 0 Å². The molecule has 4 rings (SSSR count). The van der Waals surface area contributed by atoms with Crippen LogP contribution in [0, 0.1) is 11.8 Å². The number of hydrogen-bond donors (Lipinski definition) is 2. The van der Waals surface area contributed by atoms with Gasteiger partial charge in [-0.1, -0.05) is 5.10 Å². The van der Waals surface area contributed by atoms with Gasteiger partial charge in [-0.15, -0.1) is 5.10 Å². The number of carbonyl (C=O) groups excluding carboxylic acids is 1. The summed E-state index contributed by atoms with van der Waals surface area (Å²) >= 11 is 0. The normalized spacial score (nSPS) is 20.7. The Morgan fingerprint density at radius 1 is 1.28 bits per heavy atom. The van der Waals surface area contributed by atoms with Crippen molar-refractivity contribution >= 4 is 11.9 Å². The van der Waals surface area contributed by atoms with E-state index >= 15 is 0 Å². The molecule has 11 heteroatoms. The highest BCUT2D eigenvalue weighted by molar-refractivity contribution is 5.84. The number of aromatic amines is 1. The van der Waals surface area contributed by atoms with Gasteiger partial charge in [0.2, 0.25) is 5.91 Å². The predicted molar refractivity (Wildman–Crippen MR) is 95.9 cm³/mol. The Morgan fingerprint density at radius 3 is 2.69 bits per heavy atom. The first-order valence-corrected chi connectivity index (χ1v) is 9.42. The lowest BCUT2D eigenvalue weighted by Gasteiger charge is -2.21. The maximum Gasteiger partial charge on any atom is 0.431 e. The number of hydrogen-bond acceptors (Lipinski definition) is 6. The van der Waals surface area contributed by atoms with Crippen LogP contribution in [0.15, 0.2) is 21.3 Å². The van der Waals surface area contributed by atoms with E-state index < -0.39 is 23.5 Å². The third-order valence-electron chi connectivity index (χ3n) is 5.41. The standard InChI is InChI=1S/C18H20F3N5O3/c1-9(16(28)26-7-6-11(8-26)10-2-3-10)22-17-25-24-15(29-17)12-4-5-13(18(19,20)21)23-14(12)27/h4-5,9-11H,2-3,6-8H2,1H3,(H,22,25)(H,23,27)/t9-,11+/m0/s1. The first-order valence-electron chi connectivity index (χ1n) is 9.42. The van der Waals surface area contributed by atoms with Gasteiger partial charge in [0.05, 0.1) is 0 Å². The number of aromatic nitrogens is 3. The van der Waals surface area contributed by atoms with E-state index in [1.807, 2.05) is 4.90 Å². The molecule has 29 heavy (non-hydrogen) atoms. The molecule has 2 aliphatic rings. The van der Waals surface area contributed by atoms with Gasteiger partial charge in [0.15, 0.2) is 0 Å². The summed E-state index contributed by atoms with van der Waals surface area (Å²) in [5, 5.41) is 10.2. The average Bonchev–Trinajstić information content (AvgIpc) is 3.21. The van der Waals surface area contributed by atoms with Crippen molar-refractivity contribution in [2.45, 2.75) is 38.4 Å². The molecule has 156 valence electrons. The van der Waals surface area contributed by atoms with E-state index in [1.165, 1.54) is 12.8 Å². The van der Waals surface area contributed by atoms with Crippen LogP contribution in [-0.2, 0) is 11.0 Å². The Kier molecular flexibility index (Phi) is 4.83. The van der Waals surface area contributed by atoms with Crippen molar-refractivity contribution in [1.82, 2.24) is 20.1 Å². The number of alkyl halides is 3. The van der Waals surface area contributed by atoms with E-state index in [-0.39, 0.29) is 23.4 Å². The monoisotopic (exact) mass is 411 g/mol. The van der Waals surface area contributed by atoms with Crippen LogP contribution >= 0.6 is 0 Å². The van der Waals surface area contributed by atoms with Crippen LogP contribution in [0.2, 0.25) is 0 Å². The van der Waals surface area contributed by atoms with E-state index in [1.54, 1.807) is 11.9 Å². The minimum Gasteiger partial charge on any atom is -0.403 e. The maximum absolute atomic E-state index is 12.7. The molecular weight excluding hydrogens is 391 g/mol. The summed E-state index contributed by atoms with van der Waals surface area (Å²) in [4.78, 5) is 28.1. The molecular formula is C18H20F3N5O3. The van der Waals surface area contributed by atoms with E-state index in [9.17, 15) is 22.8 Å². The van der Waals surface area contributed by atoms with Gasteiger partial charge in [0, 0.05) is 13.1 Å². The van der Waals surface area contributed by atoms with E-state index in [4.69, 9.17) is 4.42 Å². The Hall–Kier alpha value is -2.85. The number of likely N-dealkylation sites (tertiary alicyclic amines) is 1. The van der Waals surface area contributed by atoms with Crippen LogP contribution in [0.3, 0.4) is 0 Å². The smallest absolute Gasteiger partial charge is 0.403 e. The summed E-state index contributed by atoms with van der Waals surface area (Å²) < 4.78 is 43.3. The number of carbonyl (C=O) groups is 1. The molecule has 1 saturated carbocycles. The van der Waals surface area contributed by atoms with E-state index in [0.29, 0.717) is 5.92 Å². The zero-order chi connectivity index (χ0) is 20.8. The molecule has 1 saturated heterocycles. The number of pyridine rings is 1. The van der Waals surface area contributed by atoms with Crippen LogP contribution in [0.25, 0.3) is 11.5 Å². The fourth-order valence-corrected chi connectivity index (χ4v) is 3.66. The highest BCUT2D eigenvalue weighted by atomic mass is 19.4. The number of halogens is 3. The first-order chi connectivity index (χ1) is 13.7. The lowest BCUT2D eigenvalue weighted by atomic mass is 10.0. The fraction of sp³-hybridized carbons (Fsp3) is 0.556. The SMILES string of the molecule is C[C@H](Nc1nnc(-c2ccc(C(F)(F)F)[nH]c2=O)o1)C(=O)N1CC[C@@H](C2CC2)C1. The van der Waals surface area contributed by atoms with E-state index in [2.05, 4.69) is 15.5 Å². The van der Waals surface area contributed by atoms with Crippen LogP contribution in [0.5, 0.6) is 0 Å². The molecule has 2 N–H and O–H groups in total.